The molecular weight excluding hydrogens is 256 g/mol. The third-order valence-electron chi connectivity index (χ3n) is 4.57. The maximum absolute atomic E-state index is 12.4. The molecule has 2 amide bonds. The van der Waals surface area contributed by atoms with Crippen molar-refractivity contribution in [2.75, 3.05) is 19.6 Å². The number of carbonyl (C=O) groups excluding carboxylic acids is 2. The molecule has 2 aliphatic rings. The van der Waals surface area contributed by atoms with Gasteiger partial charge in [-0.05, 0) is 38.3 Å². The van der Waals surface area contributed by atoms with E-state index >= 15 is 0 Å². The molecule has 0 N–H and O–H groups in total. The van der Waals surface area contributed by atoms with E-state index in [0.29, 0.717) is 18.7 Å². The van der Waals surface area contributed by atoms with Gasteiger partial charge in [-0.2, -0.15) is 0 Å². The van der Waals surface area contributed by atoms with Gasteiger partial charge in [-0.25, -0.2) is 0 Å². The van der Waals surface area contributed by atoms with Crippen LogP contribution < -0.4 is 0 Å². The summed E-state index contributed by atoms with van der Waals surface area (Å²) in [5.74, 6) is 0.540. The monoisotopic (exact) mass is 276 g/mol. The molecule has 0 saturated carbocycles. The fourth-order valence-corrected chi connectivity index (χ4v) is 3.65. The number of amides is 2. The fourth-order valence-electron chi connectivity index (χ4n) is 3.65. The Morgan fingerprint density at radius 3 is 3.00 bits per heavy atom. The lowest BCUT2D eigenvalue weighted by Gasteiger charge is -2.45. The number of rotatable bonds is 2. The van der Waals surface area contributed by atoms with Gasteiger partial charge in [0.1, 0.15) is 0 Å². The van der Waals surface area contributed by atoms with Gasteiger partial charge in [-0.3, -0.25) is 9.59 Å². The highest BCUT2D eigenvalue weighted by atomic mass is 16.3. The second-order valence-electron chi connectivity index (χ2n) is 5.67. The summed E-state index contributed by atoms with van der Waals surface area (Å²) in [6.45, 7) is 4.11. The van der Waals surface area contributed by atoms with Crippen LogP contribution in [0.1, 0.15) is 43.2 Å². The Kier molecular flexibility index (Phi) is 3.28. The van der Waals surface area contributed by atoms with E-state index in [4.69, 9.17) is 4.42 Å². The molecule has 2 aliphatic heterocycles. The number of piperidine rings is 1. The van der Waals surface area contributed by atoms with Crippen LogP contribution >= 0.6 is 0 Å². The van der Waals surface area contributed by atoms with Gasteiger partial charge in [0.2, 0.25) is 5.91 Å². The Morgan fingerprint density at radius 1 is 1.45 bits per heavy atom. The van der Waals surface area contributed by atoms with Gasteiger partial charge in [-0.15, -0.1) is 0 Å². The smallest absolute Gasteiger partial charge is 0.289 e. The van der Waals surface area contributed by atoms with Crippen molar-refractivity contribution < 1.29 is 14.0 Å². The molecule has 0 radical (unpaired) electrons. The summed E-state index contributed by atoms with van der Waals surface area (Å²) < 4.78 is 5.20. The predicted molar refractivity (Wildman–Crippen MR) is 73.2 cm³/mol. The van der Waals surface area contributed by atoms with Crippen molar-refractivity contribution >= 4 is 11.8 Å². The number of carbonyl (C=O) groups is 2. The van der Waals surface area contributed by atoms with Crippen LogP contribution in [0, 0.1) is 0 Å². The summed E-state index contributed by atoms with van der Waals surface area (Å²) >= 11 is 0. The van der Waals surface area contributed by atoms with Gasteiger partial charge in [0.25, 0.3) is 5.91 Å². The van der Waals surface area contributed by atoms with Crippen LogP contribution in [-0.4, -0.2) is 46.8 Å². The number of hydrogen-bond donors (Lipinski definition) is 0. The Labute approximate surface area is 118 Å². The molecule has 0 unspecified atom stereocenters. The molecule has 1 aromatic heterocycles. The number of likely N-dealkylation sites (tertiary alicyclic amines) is 2. The molecule has 3 heterocycles. The van der Waals surface area contributed by atoms with Crippen LogP contribution in [-0.2, 0) is 4.79 Å². The minimum atomic E-state index is -0.146. The number of hydrogen-bond acceptors (Lipinski definition) is 3. The summed E-state index contributed by atoms with van der Waals surface area (Å²) in [6.07, 6.45) is 4.92. The lowest BCUT2D eigenvalue weighted by molar-refractivity contribution is -0.132. The normalized spacial score (nSPS) is 26.6. The van der Waals surface area contributed by atoms with Crippen molar-refractivity contribution in [1.29, 1.82) is 0 Å². The second kappa shape index (κ2) is 4.96. The molecular formula is C15H20N2O3. The first-order valence-corrected chi connectivity index (χ1v) is 7.29. The lowest BCUT2D eigenvalue weighted by Crippen LogP contribution is -2.57. The molecule has 5 heteroatoms. The Hall–Kier alpha value is -1.78. The van der Waals surface area contributed by atoms with E-state index in [1.165, 1.54) is 6.26 Å². The van der Waals surface area contributed by atoms with E-state index in [0.717, 1.165) is 32.4 Å². The van der Waals surface area contributed by atoms with E-state index in [-0.39, 0.29) is 17.4 Å². The average molecular weight is 276 g/mol. The van der Waals surface area contributed by atoms with Crippen LogP contribution in [0.2, 0.25) is 0 Å². The van der Waals surface area contributed by atoms with Gasteiger partial charge in [0.15, 0.2) is 5.76 Å². The molecule has 0 aromatic carbocycles. The van der Waals surface area contributed by atoms with Gasteiger partial charge < -0.3 is 14.2 Å². The molecule has 2 fully saturated rings. The molecule has 0 bridgehead atoms. The number of likely N-dealkylation sites (N-methyl/N-ethyl adjacent to an activating group) is 1. The number of furan rings is 1. The van der Waals surface area contributed by atoms with Crippen molar-refractivity contribution in [1.82, 2.24) is 9.80 Å². The standard InChI is InChI=1S/C15H20N2O3/c1-2-17-13(18)6-8-15(17)7-4-9-16(11-15)14(19)12-5-3-10-20-12/h3,5,10H,2,4,6-9,11H2,1H3/t15-/m1/s1. The van der Waals surface area contributed by atoms with Crippen molar-refractivity contribution in [2.24, 2.45) is 0 Å². The largest absolute Gasteiger partial charge is 0.459 e. The van der Waals surface area contributed by atoms with Crippen molar-refractivity contribution in [3.8, 4) is 0 Å². The molecule has 2 saturated heterocycles. The minimum absolute atomic E-state index is 0.0653. The highest BCUT2D eigenvalue weighted by Gasteiger charge is 2.47. The average Bonchev–Trinajstić information content (AvgIpc) is 3.08. The SMILES string of the molecule is CCN1C(=O)CC[C@@]12CCCN(C(=O)c1ccco1)C2. The van der Waals surface area contributed by atoms with Crippen molar-refractivity contribution in [3.05, 3.63) is 24.2 Å². The van der Waals surface area contributed by atoms with Crippen LogP contribution in [0.15, 0.2) is 22.8 Å². The van der Waals surface area contributed by atoms with E-state index in [1.807, 2.05) is 16.7 Å². The molecule has 5 nitrogen and oxygen atoms in total. The van der Waals surface area contributed by atoms with E-state index in [9.17, 15) is 9.59 Å². The van der Waals surface area contributed by atoms with E-state index < -0.39 is 0 Å². The summed E-state index contributed by atoms with van der Waals surface area (Å²) in [6, 6.07) is 3.42. The van der Waals surface area contributed by atoms with Crippen LogP contribution in [0.3, 0.4) is 0 Å². The number of nitrogens with zero attached hydrogens (tertiary/aromatic N) is 2. The van der Waals surface area contributed by atoms with E-state index in [1.54, 1.807) is 12.1 Å². The Morgan fingerprint density at radius 2 is 2.30 bits per heavy atom. The van der Waals surface area contributed by atoms with Crippen molar-refractivity contribution in [3.63, 3.8) is 0 Å². The lowest BCUT2D eigenvalue weighted by atomic mass is 9.86. The predicted octanol–water partition coefficient (Wildman–Crippen LogP) is 1.90. The third kappa shape index (κ3) is 2.01. The molecule has 1 atom stereocenters. The molecule has 20 heavy (non-hydrogen) atoms. The molecule has 1 aromatic rings. The molecule has 108 valence electrons. The zero-order valence-corrected chi connectivity index (χ0v) is 11.8. The minimum Gasteiger partial charge on any atom is -0.459 e. The topological polar surface area (TPSA) is 53.8 Å². The first kappa shape index (κ1) is 13.2. The van der Waals surface area contributed by atoms with Crippen LogP contribution in [0.5, 0.6) is 0 Å². The van der Waals surface area contributed by atoms with Gasteiger partial charge in [-0.1, -0.05) is 0 Å². The quantitative estimate of drug-likeness (QED) is 0.829. The third-order valence-corrected chi connectivity index (χ3v) is 4.57. The summed E-state index contributed by atoms with van der Waals surface area (Å²) in [5.41, 5.74) is -0.146. The van der Waals surface area contributed by atoms with E-state index in [2.05, 4.69) is 0 Å². The highest BCUT2D eigenvalue weighted by Crippen LogP contribution is 2.37. The Balaban J connectivity index is 1.80. The second-order valence-corrected chi connectivity index (χ2v) is 5.67. The van der Waals surface area contributed by atoms with Crippen molar-refractivity contribution in [2.45, 2.75) is 38.1 Å². The Bertz CT molecular complexity index is 511. The van der Waals surface area contributed by atoms with Gasteiger partial charge in [0.05, 0.1) is 11.8 Å². The maximum atomic E-state index is 12.4. The summed E-state index contributed by atoms with van der Waals surface area (Å²) in [4.78, 5) is 28.2. The van der Waals surface area contributed by atoms with Gasteiger partial charge in [0, 0.05) is 26.1 Å². The molecule has 3 rings (SSSR count). The summed E-state index contributed by atoms with van der Waals surface area (Å²) in [7, 11) is 0. The zero-order chi connectivity index (χ0) is 14.2. The first-order valence-electron chi connectivity index (χ1n) is 7.29. The molecule has 1 spiro atoms. The first-order chi connectivity index (χ1) is 9.66. The fraction of sp³-hybridized carbons (Fsp3) is 0.600. The zero-order valence-electron chi connectivity index (χ0n) is 11.8. The van der Waals surface area contributed by atoms with Crippen LogP contribution in [0.25, 0.3) is 0 Å². The highest BCUT2D eigenvalue weighted by molar-refractivity contribution is 5.91. The summed E-state index contributed by atoms with van der Waals surface area (Å²) in [5, 5.41) is 0. The van der Waals surface area contributed by atoms with Crippen LogP contribution in [0.4, 0.5) is 0 Å². The maximum Gasteiger partial charge on any atom is 0.289 e. The molecule has 0 aliphatic carbocycles. The van der Waals surface area contributed by atoms with Gasteiger partial charge >= 0.3 is 0 Å².